The van der Waals surface area contributed by atoms with Crippen molar-refractivity contribution in [3.8, 4) is 0 Å². The van der Waals surface area contributed by atoms with Gasteiger partial charge in [0.1, 0.15) is 11.6 Å². The lowest BCUT2D eigenvalue weighted by Crippen LogP contribution is -2.52. The first-order valence-electron chi connectivity index (χ1n) is 9.32. The standard InChI is InChI=1S/C20H16ClF9N2O/c21-15-8-14(2-1-10(15)9-31)32-4-3-17(16(32)33,20(28,29)30)11-5-12(18(22,23)24)7-13(6-11)19(25,26)27/h1-2,5-8,16,33H,3-4,9,31H2. The highest BCUT2D eigenvalue weighted by Gasteiger charge is 2.65. The Labute approximate surface area is 186 Å². The first-order valence-corrected chi connectivity index (χ1v) is 9.70. The number of halogens is 10. The highest BCUT2D eigenvalue weighted by atomic mass is 35.5. The molecule has 1 aliphatic heterocycles. The maximum Gasteiger partial charge on any atom is 0.416 e. The molecule has 0 spiro atoms. The van der Waals surface area contributed by atoms with E-state index in [1.165, 1.54) is 18.2 Å². The topological polar surface area (TPSA) is 49.5 Å². The molecular weight excluding hydrogens is 491 g/mol. The molecule has 1 fully saturated rings. The van der Waals surface area contributed by atoms with E-state index < -0.39 is 59.8 Å². The average Bonchev–Trinajstić information content (AvgIpc) is 3.04. The van der Waals surface area contributed by atoms with Crippen LogP contribution >= 0.6 is 11.6 Å². The van der Waals surface area contributed by atoms with Gasteiger partial charge < -0.3 is 15.7 Å². The molecule has 3 rings (SSSR count). The molecule has 2 aromatic carbocycles. The van der Waals surface area contributed by atoms with Crippen LogP contribution in [0.15, 0.2) is 36.4 Å². The van der Waals surface area contributed by atoms with Crippen LogP contribution in [0.4, 0.5) is 45.2 Å². The van der Waals surface area contributed by atoms with Crippen molar-refractivity contribution in [2.45, 2.75) is 43.1 Å². The highest BCUT2D eigenvalue weighted by molar-refractivity contribution is 6.31. The van der Waals surface area contributed by atoms with E-state index in [-0.39, 0.29) is 35.5 Å². The van der Waals surface area contributed by atoms with Gasteiger partial charge in [-0.1, -0.05) is 17.7 Å². The Morgan fingerprint density at radius 3 is 1.91 bits per heavy atom. The lowest BCUT2D eigenvalue weighted by Gasteiger charge is -2.38. The van der Waals surface area contributed by atoms with Gasteiger partial charge in [0.25, 0.3) is 0 Å². The largest absolute Gasteiger partial charge is 0.416 e. The molecule has 0 amide bonds. The number of hydrogen-bond donors (Lipinski definition) is 2. The maximum atomic E-state index is 14.3. The summed E-state index contributed by atoms with van der Waals surface area (Å²) in [4.78, 5) is 0.827. The van der Waals surface area contributed by atoms with Gasteiger partial charge in [0.2, 0.25) is 0 Å². The van der Waals surface area contributed by atoms with Crippen molar-refractivity contribution in [1.29, 1.82) is 0 Å². The third kappa shape index (κ3) is 4.47. The summed E-state index contributed by atoms with van der Waals surface area (Å²) in [6.07, 6.45) is -19.6. The van der Waals surface area contributed by atoms with E-state index in [9.17, 15) is 44.6 Å². The van der Waals surface area contributed by atoms with Gasteiger partial charge in [0, 0.05) is 23.8 Å². The van der Waals surface area contributed by atoms with Crippen molar-refractivity contribution in [2.75, 3.05) is 11.4 Å². The zero-order valence-corrected chi connectivity index (χ0v) is 17.2. The van der Waals surface area contributed by atoms with Gasteiger partial charge in [0.05, 0.1) is 11.1 Å². The Hall–Kier alpha value is -2.18. The van der Waals surface area contributed by atoms with Gasteiger partial charge in [-0.25, -0.2) is 0 Å². The van der Waals surface area contributed by atoms with E-state index in [1.54, 1.807) is 0 Å². The molecule has 0 aliphatic carbocycles. The summed E-state index contributed by atoms with van der Waals surface area (Å²) in [6.45, 7) is -0.505. The highest BCUT2D eigenvalue weighted by Crippen LogP contribution is 2.53. The third-order valence-electron chi connectivity index (χ3n) is 5.68. The Kier molecular flexibility index (Phi) is 6.35. The van der Waals surface area contributed by atoms with Gasteiger partial charge in [0.15, 0.2) is 0 Å². The van der Waals surface area contributed by atoms with E-state index in [0.29, 0.717) is 5.56 Å². The molecule has 2 aromatic rings. The molecule has 0 bridgehead atoms. The van der Waals surface area contributed by atoms with Gasteiger partial charge in [-0.2, -0.15) is 39.5 Å². The zero-order valence-electron chi connectivity index (χ0n) is 16.4. The van der Waals surface area contributed by atoms with Crippen LogP contribution in [0.5, 0.6) is 0 Å². The van der Waals surface area contributed by atoms with Gasteiger partial charge >= 0.3 is 18.5 Å². The fraction of sp³-hybridized carbons (Fsp3) is 0.400. The van der Waals surface area contributed by atoms with Crippen molar-refractivity contribution in [3.63, 3.8) is 0 Å². The van der Waals surface area contributed by atoms with Crippen LogP contribution in [0.1, 0.15) is 28.7 Å². The third-order valence-corrected chi connectivity index (χ3v) is 6.03. The van der Waals surface area contributed by atoms with Crippen LogP contribution in [0.2, 0.25) is 5.02 Å². The van der Waals surface area contributed by atoms with Crippen LogP contribution in [-0.4, -0.2) is 24.1 Å². The molecule has 182 valence electrons. The van der Waals surface area contributed by atoms with Crippen molar-refractivity contribution in [3.05, 3.63) is 63.7 Å². The lowest BCUT2D eigenvalue weighted by atomic mass is 9.76. The van der Waals surface area contributed by atoms with Crippen LogP contribution in [-0.2, 0) is 24.3 Å². The molecule has 1 heterocycles. The quantitative estimate of drug-likeness (QED) is 0.512. The molecular formula is C20H16ClF9N2O. The van der Waals surface area contributed by atoms with Crippen LogP contribution < -0.4 is 10.6 Å². The number of anilines is 1. The van der Waals surface area contributed by atoms with Gasteiger partial charge in [-0.05, 0) is 47.9 Å². The maximum absolute atomic E-state index is 14.3. The predicted octanol–water partition coefficient (Wildman–Crippen LogP) is 5.87. The monoisotopic (exact) mass is 506 g/mol. The van der Waals surface area contributed by atoms with Gasteiger partial charge in [-0.3, -0.25) is 0 Å². The van der Waals surface area contributed by atoms with E-state index >= 15 is 0 Å². The summed E-state index contributed by atoms with van der Waals surface area (Å²) in [5.41, 5.74) is -2.65. The molecule has 0 aromatic heterocycles. The minimum Gasteiger partial charge on any atom is -0.372 e. The predicted molar refractivity (Wildman–Crippen MR) is 101 cm³/mol. The van der Waals surface area contributed by atoms with Crippen LogP contribution in [0.3, 0.4) is 0 Å². The van der Waals surface area contributed by atoms with Crippen molar-refractivity contribution in [1.82, 2.24) is 0 Å². The van der Waals surface area contributed by atoms with Crippen molar-refractivity contribution < 1.29 is 44.6 Å². The summed E-state index contributed by atoms with van der Waals surface area (Å²) in [6, 6.07) is 3.64. The summed E-state index contributed by atoms with van der Waals surface area (Å²) in [5.74, 6) is 0. The number of alkyl halides is 9. The number of aliphatic hydroxyl groups is 1. The summed E-state index contributed by atoms with van der Waals surface area (Å²) >= 11 is 6.02. The summed E-state index contributed by atoms with van der Waals surface area (Å²) < 4.78 is 122. The molecule has 0 radical (unpaired) electrons. The number of rotatable bonds is 3. The fourth-order valence-electron chi connectivity index (χ4n) is 3.92. The van der Waals surface area contributed by atoms with E-state index in [2.05, 4.69) is 0 Å². The molecule has 3 N–H and O–H groups in total. The van der Waals surface area contributed by atoms with Crippen molar-refractivity contribution >= 4 is 17.3 Å². The second-order valence-electron chi connectivity index (χ2n) is 7.56. The first kappa shape index (κ1) is 25.4. The summed E-state index contributed by atoms with van der Waals surface area (Å²) in [7, 11) is 0. The van der Waals surface area contributed by atoms with Gasteiger partial charge in [-0.15, -0.1) is 0 Å². The molecule has 1 saturated heterocycles. The first-order chi connectivity index (χ1) is 15.0. The smallest absolute Gasteiger partial charge is 0.372 e. The molecule has 13 heteroatoms. The lowest BCUT2D eigenvalue weighted by molar-refractivity contribution is -0.211. The molecule has 0 saturated carbocycles. The Balaban J connectivity index is 2.20. The molecule has 1 aliphatic rings. The molecule has 2 atom stereocenters. The fourth-order valence-corrected chi connectivity index (χ4v) is 4.17. The SMILES string of the molecule is NCc1ccc(N2CCC(c3cc(C(F)(F)F)cc(C(F)(F)F)c3)(C(F)(F)F)C2O)cc1Cl. The Morgan fingerprint density at radius 1 is 0.939 bits per heavy atom. The molecule has 33 heavy (non-hydrogen) atoms. The number of hydrogen-bond acceptors (Lipinski definition) is 3. The number of benzene rings is 2. The zero-order chi connectivity index (χ0) is 25.0. The molecule has 2 unspecified atom stereocenters. The Morgan fingerprint density at radius 2 is 1.48 bits per heavy atom. The number of aliphatic hydroxyl groups excluding tert-OH is 1. The normalized spacial score (nSPS) is 22.2. The average molecular weight is 507 g/mol. The second-order valence-corrected chi connectivity index (χ2v) is 7.97. The Bertz CT molecular complexity index is 1000. The minimum atomic E-state index is -5.39. The molecule has 3 nitrogen and oxygen atoms in total. The second kappa shape index (κ2) is 8.24. The van der Waals surface area contributed by atoms with E-state index in [1.807, 2.05) is 0 Å². The van der Waals surface area contributed by atoms with E-state index in [0.717, 1.165) is 4.90 Å². The number of nitrogens with two attached hydrogens (primary N) is 1. The van der Waals surface area contributed by atoms with Crippen molar-refractivity contribution in [2.24, 2.45) is 5.73 Å². The van der Waals surface area contributed by atoms with Crippen LogP contribution in [0, 0.1) is 0 Å². The van der Waals surface area contributed by atoms with Crippen LogP contribution in [0.25, 0.3) is 0 Å². The van der Waals surface area contributed by atoms with E-state index in [4.69, 9.17) is 17.3 Å². The minimum absolute atomic E-state index is 0.0000509. The number of nitrogens with zero attached hydrogens (tertiary/aromatic N) is 1. The summed E-state index contributed by atoms with van der Waals surface area (Å²) in [5, 5.41) is 10.8.